The zero-order valence-electron chi connectivity index (χ0n) is 12.6. The SMILES string of the molecule is CCCNC1CCC(C(C)C)CC1CC(C)C. The van der Waals surface area contributed by atoms with Crippen molar-refractivity contribution in [3.05, 3.63) is 0 Å². The van der Waals surface area contributed by atoms with E-state index in [4.69, 9.17) is 0 Å². The van der Waals surface area contributed by atoms with E-state index in [1.54, 1.807) is 0 Å². The molecule has 1 fully saturated rings. The van der Waals surface area contributed by atoms with E-state index >= 15 is 0 Å². The Morgan fingerprint density at radius 2 is 1.82 bits per heavy atom. The average molecular weight is 239 g/mol. The van der Waals surface area contributed by atoms with E-state index in [0.29, 0.717) is 0 Å². The Morgan fingerprint density at radius 1 is 1.12 bits per heavy atom. The lowest BCUT2D eigenvalue weighted by atomic mass is 9.71. The minimum atomic E-state index is 0.798. The van der Waals surface area contributed by atoms with Gasteiger partial charge in [0.1, 0.15) is 0 Å². The molecule has 3 unspecified atom stereocenters. The smallest absolute Gasteiger partial charge is 0.00956 e. The van der Waals surface area contributed by atoms with Crippen molar-refractivity contribution in [3.63, 3.8) is 0 Å². The van der Waals surface area contributed by atoms with Crippen LogP contribution in [-0.2, 0) is 0 Å². The standard InChI is InChI=1S/C16H33N/c1-6-9-17-16-8-7-14(13(4)5)11-15(16)10-12(2)3/h12-17H,6-11H2,1-5H3. The van der Waals surface area contributed by atoms with Crippen LogP contribution in [0.25, 0.3) is 0 Å². The first kappa shape index (κ1) is 15.0. The number of hydrogen-bond donors (Lipinski definition) is 1. The zero-order valence-corrected chi connectivity index (χ0v) is 12.6. The summed E-state index contributed by atoms with van der Waals surface area (Å²) in [6.45, 7) is 13.0. The van der Waals surface area contributed by atoms with Gasteiger partial charge in [0, 0.05) is 6.04 Å². The summed E-state index contributed by atoms with van der Waals surface area (Å²) in [5.74, 6) is 3.61. The molecule has 0 aromatic rings. The maximum atomic E-state index is 3.79. The van der Waals surface area contributed by atoms with E-state index in [-0.39, 0.29) is 0 Å². The molecule has 0 amide bonds. The second kappa shape index (κ2) is 7.41. The van der Waals surface area contributed by atoms with E-state index in [0.717, 1.165) is 29.7 Å². The van der Waals surface area contributed by atoms with Gasteiger partial charge in [-0.05, 0) is 62.3 Å². The summed E-state index contributed by atoms with van der Waals surface area (Å²) >= 11 is 0. The van der Waals surface area contributed by atoms with Gasteiger partial charge in [0.2, 0.25) is 0 Å². The number of hydrogen-bond acceptors (Lipinski definition) is 1. The van der Waals surface area contributed by atoms with Gasteiger partial charge < -0.3 is 5.32 Å². The summed E-state index contributed by atoms with van der Waals surface area (Å²) in [5.41, 5.74) is 0. The molecule has 0 saturated heterocycles. The molecule has 102 valence electrons. The molecule has 1 nitrogen and oxygen atoms in total. The van der Waals surface area contributed by atoms with Gasteiger partial charge in [0.25, 0.3) is 0 Å². The summed E-state index contributed by atoms with van der Waals surface area (Å²) in [5, 5.41) is 3.79. The van der Waals surface area contributed by atoms with Gasteiger partial charge in [0.05, 0.1) is 0 Å². The fourth-order valence-corrected chi connectivity index (χ4v) is 3.37. The van der Waals surface area contributed by atoms with Crippen LogP contribution in [0.4, 0.5) is 0 Å². The lowest BCUT2D eigenvalue weighted by molar-refractivity contribution is 0.150. The van der Waals surface area contributed by atoms with Gasteiger partial charge in [-0.25, -0.2) is 0 Å². The van der Waals surface area contributed by atoms with Crippen LogP contribution in [0, 0.1) is 23.7 Å². The molecule has 0 heterocycles. The van der Waals surface area contributed by atoms with Gasteiger partial charge in [-0.2, -0.15) is 0 Å². The van der Waals surface area contributed by atoms with Gasteiger partial charge in [0.15, 0.2) is 0 Å². The Balaban J connectivity index is 2.52. The minimum absolute atomic E-state index is 0.798. The maximum absolute atomic E-state index is 3.79. The minimum Gasteiger partial charge on any atom is -0.314 e. The first-order valence-corrected chi connectivity index (χ1v) is 7.77. The Bertz CT molecular complexity index is 198. The van der Waals surface area contributed by atoms with Crippen molar-refractivity contribution in [1.82, 2.24) is 5.32 Å². The van der Waals surface area contributed by atoms with Crippen LogP contribution < -0.4 is 5.32 Å². The molecule has 0 aromatic carbocycles. The lowest BCUT2D eigenvalue weighted by Gasteiger charge is -2.39. The highest BCUT2D eigenvalue weighted by Gasteiger charge is 2.31. The quantitative estimate of drug-likeness (QED) is 0.721. The highest BCUT2D eigenvalue weighted by molar-refractivity contribution is 4.86. The Labute approximate surface area is 109 Å². The van der Waals surface area contributed by atoms with E-state index in [1.807, 2.05) is 0 Å². The molecule has 17 heavy (non-hydrogen) atoms. The van der Waals surface area contributed by atoms with Crippen LogP contribution in [0.3, 0.4) is 0 Å². The Hall–Kier alpha value is -0.0400. The normalized spacial score (nSPS) is 30.2. The third-order valence-corrected chi connectivity index (χ3v) is 4.40. The molecule has 0 radical (unpaired) electrons. The highest BCUT2D eigenvalue weighted by Crippen LogP contribution is 2.36. The Morgan fingerprint density at radius 3 is 2.35 bits per heavy atom. The number of rotatable bonds is 6. The van der Waals surface area contributed by atoms with E-state index < -0.39 is 0 Å². The van der Waals surface area contributed by atoms with Crippen LogP contribution in [0.15, 0.2) is 0 Å². The van der Waals surface area contributed by atoms with Crippen LogP contribution in [0.2, 0.25) is 0 Å². The number of nitrogens with one attached hydrogen (secondary N) is 1. The van der Waals surface area contributed by atoms with Crippen molar-refractivity contribution < 1.29 is 0 Å². The van der Waals surface area contributed by atoms with Crippen LogP contribution in [-0.4, -0.2) is 12.6 Å². The van der Waals surface area contributed by atoms with Crippen molar-refractivity contribution in [3.8, 4) is 0 Å². The Kier molecular flexibility index (Phi) is 6.54. The highest BCUT2D eigenvalue weighted by atomic mass is 14.9. The van der Waals surface area contributed by atoms with Gasteiger partial charge in [-0.15, -0.1) is 0 Å². The average Bonchev–Trinajstić information content (AvgIpc) is 2.26. The van der Waals surface area contributed by atoms with Crippen LogP contribution >= 0.6 is 0 Å². The molecule has 1 heteroatoms. The predicted molar refractivity (Wildman–Crippen MR) is 77.2 cm³/mol. The molecule has 0 aromatic heterocycles. The van der Waals surface area contributed by atoms with Gasteiger partial charge >= 0.3 is 0 Å². The van der Waals surface area contributed by atoms with Crippen molar-refractivity contribution in [1.29, 1.82) is 0 Å². The molecular weight excluding hydrogens is 206 g/mol. The second-order valence-electron chi connectivity index (χ2n) is 6.77. The van der Waals surface area contributed by atoms with E-state index in [9.17, 15) is 0 Å². The van der Waals surface area contributed by atoms with Gasteiger partial charge in [-0.3, -0.25) is 0 Å². The lowest BCUT2D eigenvalue weighted by Crippen LogP contribution is -2.42. The molecule has 0 aliphatic heterocycles. The zero-order chi connectivity index (χ0) is 12.8. The van der Waals surface area contributed by atoms with Crippen LogP contribution in [0.5, 0.6) is 0 Å². The van der Waals surface area contributed by atoms with Crippen molar-refractivity contribution in [2.24, 2.45) is 23.7 Å². The maximum Gasteiger partial charge on any atom is 0.00956 e. The molecule has 1 aliphatic rings. The largest absolute Gasteiger partial charge is 0.314 e. The third-order valence-electron chi connectivity index (χ3n) is 4.40. The third kappa shape index (κ3) is 4.99. The van der Waals surface area contributed by atoms with Gasteiger partial charge in [-0.1, -0.05) is 34.6 Å². The molecule has 3 atom stereocenters. The molecular formula is C16H33N. The summed E-state index contributed by atoms with van der Waals surface area (Å²) in [7, 11) is 0. The van der Waals surface area contributed by atoms with Crippen molar-refractivity contribution >= 4 is 0 Å². The van der Waals surface area contributed by atoms with Crippen molar-refractivity contribution in [2.75, 3.05) is 6.54 Å². The fourth-order valence-electron chi connectivity index (χ4n) is 3.37. The predicted octanol–water partition coefficient (Wildman–Crippen LogP) is 4.47. The first-order chi connectivity index (χ1) is 8.04. The molecule has 1 N–H and O–H groups in total. The second-order valence-corrected chi connectivity index (χ2v) is 6.77. The van der Waals surface area contributed by atoms with E-state index in [1.165, 1.54) is 38.6 Å². The van der Waals surface area contributed by atoms with Crippen molar-refractivity contribution in [2.45, 2.75) is 72.8 Å². The molecule has 0 spiro atoms. The van der Waals surface area contributed by atoms with E-state index in [2.05, 4.69) is 39.9 Å². The monoisotopic (exact) mass is 239 g/mol. The molecule has 1 rings (SSSR count). The fraction of sp³-hybridized carbons (Fsp3) is 1.00. The summed E-state index contributed by atoms with van der Waals surface area (Å²) in [6.07, 6.45) is 6.97. The topological polar surface area (TPSA) is 12.0 Å². The molecule has 0 bridgehead atoms. The van der Waals surface area contributed by atoms with Crippen LogP contribution in [0.1, 0.15) is 66.7 Å². The molecule has 1 saturated carbocycles. The summed E-state index contributed by atoms with van der Waals surface area (Å²) in [6, 6.07) is 0.798. The summed E-state index contributed by atoms with van der Waals surface area (Å²) < 4.78 is 0. The molecule has 1 aliphatic carbocycles. The first-order valence-electron chi connectivity index (χ1n) is 7.77. The summed E-state index contributed by atoms with van der Waals surface area (Å²) in [4.78, 5) is 0.